The van der Waals surface area contributed by atoms with E-state index in [9.17, 15) is 9.59 Å². The van der Waals surface area contributed by atoms with E-state index in [0.717, 1.165) is 0 Å². The summed E-state index contributed by atoms with van der Waals surface area (Å²) in [6.45, 7) is 4.25. The van der Waals surface area contributed by atoms with E-state index in [1.807, 2.05) is 19.9 Å². The number of carbonyl (C=O) groups excluding carboxylic acids is 1. The first-order valence-corrected chi connectivity index (χ1v) is 7.36. The molecule has 1 aromatic heterocycles. The van der Waals surface area contributed by atoms with Crippen molar-refractivity contribution in [1.29, 1.82) is 5.26 Å². The molecule has 0 aliphatic rings. The second-order valence-electron chi connectivity index (χ2n) is 4.60. The summed E-state index contributed by atoms with van der Waals surface area (Å²) < 4.78 is 1.56. The highest BCUT2D eigenvalue weighted by Crippen LogP contribution is 2.17. The molecule has 0 unspecified atom stereocenters. The summed E-state index contributed by atoms with van der Waals surface area (Å²) in [5, 5.41) is 15.4. The van der Waals surface area contributed by atoms with Crippen molar-refractivity contribution in [3.63, 3.8) is 0 Å². The predicted molar refractivity (Wildman–Crippen MR) is 76.4 cm³/mol. The Morgan fingerprint density at radius 1 is 1.60 bits per heavy atom. The Balaban J connectivity index is 2.47. The molecule has 0 aromatic carbocycles. The van der Waals surface area contributed by atoms with Crippen molar-refractivity contribution in [1.82, 2.24) is 19.7 Å². The van der Waals surface area contributed by atoms with Gasteiger partial charge in [-0.25, -0.2) is 9.89 Å². The van der Waals surface area contributed by atoms with Crippen LogP contribution in [0.5, 0.6) is 0 Å². The van der Waals surface area contributed by atoms with Crippen LogP contribution in [0.2, 0.25) is 0 Å². The van der Waals surface area contributed by atoms with E-state index in [2.05, 4.69) is 10.2 Å². The smallest absolute Gasteiger partial charge is 0.344 e. The molecule has 1 amide bonds. The summed E-state index contributed by atoms with van der Waals surface area (Å²) in [4.78, 5) is 24.8. The maximum Gasteiger partial charge on any atom is 0.344 e. The molecule has 20 heavy (non-hydrogen) atoms. The lowest BCUT2D eigenvalue weighted by Crippen LogP contribution is -2.27. The second-order valence-corrected chi connectivity index (χ2v) is 5.66. The minimum absolute atomic E-state index is 0.0123. The molecular formula is C12H19N5O2S. The Morgan fingerprint density at radius 3 is 2.90 bits per heavy atom. The van der Waals surface area contributed by atoms with Crippen LogP contribution in [0.1, 0.15) is 32.7 Å². The number of nitrogens with one attached hydrogen (secondary N) is 1. The first-order chi connectivity index (χ1) is 9.47. The number of H-pyrrole nitrogens is 1. The van der Waals surface area contributed by atoms with Crippen molar-refractivity contribution in [2.24, 2.45) is 0 Å². The molecule has 1 N–H and O–H groups in total. The van der Waals surface area contributed by atoms with Crippen molar-refractivity contribution in [3.05, 3.63) is 10.5 Å². The lowest BCUT2D eigenvalue weighted by atomic mass is 10.3. The van der Waals surface area contributed by atoms with Gasteiger partial charge in [-0.05, 0) is 13.8 Å². The van der Waals surface area contributed by atoms with E-state index in [-0.39, 0.29) is 17.6 Å². The van der Waals surface area contributed by atoms with Gasteiger partial charge in [0.25, 0.3) is 0 Å². The molecule has 0 aliphatic heterocycles. The van der Waals surface area contributed by atoms with E-state index in [4.69, 9.17) is 5.26 Å². The Kier molecular flexibility index (Phi) is 6.31. The Bertz CT molecular complexity index is 543. The molecule has 0 atom stereocenters. The minimum atomic E-state index is -0.236. The van der Waals surface area contributed by atoms with Crippen LogP contribution in [0.4, 0.5) is 0 Å². The largest absolute Gasteiger partial charge is 0.345 e. The summed E-state index contributed by atoms with van der Waals surface area (Å²) in [6.07, 6.45) is 0.688. The van der Waals surface area contributed by atoms with Crippen molar-refractivity contribution in [2.45, 2.75) is 37.9 Å². The van der Waals surface area contributed by atoms with Crippen molar-refractivity contribution >= 4 is 17.7 Å². The third-order valence-electron chi connectivity index (χ3n) is 2.72. The number of carbonyl (C=O) groups is 1. The van der Waals surface area contributed by atoms with Gasteiger partial charge in [-0.15, -0.1) is 5.10 Å². The lowest BCUT2D eigenvalue weighted by Gasteiger charge is -2.15. The first-order valence-electron chi connectivity index (χ1n) is 6.38. The fraction of sp³-hybridized carbons (Fsp3) is 0.667. The molecule has 0 radical (unpaired) electrons. The third kappa shape index (κ3) is 4.42. The lowest BCUT2D eigenvalue weighted by molar-refractivity contribution is -0.129. The molecule has 1 rings (SSSR count). The van der Waals surface area contributed by atoms with Crippen LogP contribution in [0.3, 0.4) is 0 Å². The molecule has 0 bridgehead atoms. The monoisotopic (exact) mass is 297 g/mol. The van der Waals surface area contributed by atoms with Crippen LogP contribution < -0.4 is 5.69 Å². The average Bonchev–Trinajstić information content (AvgIpc) is 2.77. The molecule has 0 saturated heterocycles. The zero-order valence-corrected chi connectivity index (χ0v) is 12.7. The van der Waals surface area contributed by atoms with Gasteiger partial charge >= 0.3 is 5.69 Å². The van der Waals surface area contributed by atoms with E-state index in [1.165, 1.54) is 11.8 Å². The highest BCUT2D eigenvalue weighted by Gasteiger charge is 2.13. The Hall–Kier alpha value is -1.75. The van der Waals surface area contributed by atoms with Crippen LogP contribution >= 0.6 is 11.8 Å². The first kappa shape index (κ1) is 16.3. The number of amides is 1. The van der Waals surface area contributed by atoms with Gasteiger partial charge < -0.3 is 4.90 Å². The second kappa shape index (κ2) is 7.75. The van der Waals surface area contributed by atoms with E-state index in [0.29, 0.717) is 30.3 Å². The molecule has 1 aromatic rings. The highest BCUT2D eigenvalue weighted by molar-refractivity contribution is 7.99. The number of aromatic amines is 1. The SMILES string of the molecule is CC(C)n1c(SCCC(=O)N(C)CCC#N)n[nH]c1=O. The zero-order chi connectivity index (χ0) is 15.1. The van der Waals surface area contributed by atoms with Crippen LogP contribution in [-0.4, -0.2) is 44.9 Å². The molecule has 0 saturated carbocycles. The number of hydrogen-bond donors (Lipinski definition) is 1. The summed E-state index contributed by atoms with van der Waals surface area (Å²) in [5.41, 5.74) is -0.236. The van der Waals surface area contributed by atoms with Gasteiger partial charge in [0.1, 0.15) is 0 Å². The van der Waals surface area contributed by atoms with Gasteiger partial charge in [-0.2, -0.15) is 5.26 Å². The van der Waals surface area contributed by atoms with Crippen LogP contribution in [0, 0.1) is 11.3 Å². The number of rotatable bonds is 7. The fourth-order valence-corrected chi connectivity index (χ4v) is 2.61. The number of nitriles is 1. The van der Waals surface area contributed by atoms with Gasteiger partial charge in [0.15, 0.2) is 5.16 Å². The van der Waals surface area contributed by atoms with E-state index < -0.39 is 0 Å². The molecule has 0 spiro atoms. The number of thioether (sulfide) groups is 1. The van der Waals surface area contributed by atoms with Crippen molar-refractivity contribution in [3.8, 4) is 6.07 Å². The number of nitrogens with zero attached hydrogens (tertiary/aromatic N) is 4. The molecule has 7 nitrogen and oxygen atoms in total. The normalized spacial score (nSPS) is 10.6. The molecule has 0 aliphatic carbocycles. The molecule has 0 fully saturated rings. The average molecular weight is 297 g/mol. The maximum atomic E-state index is 11.8. The standard InChI is InChI=1S/C12H19N5O2S/c1-9(2)17-11(19)14-15-12(17)20-8-5-10(18)16(3)7-4-6-13/h9H,4-5,7-8H2,1-3H3,(H,14,19). The number of aromatic nitrogens is 3. The predicted octanol–water partition coefficient (Wildman–Crippen LogP) is 1.01. The minimum Gasteiger partial charge on any atom is -0.345 e. The summed E-state index contributed by atoms with van der Waals surface area (Å²) in [5.74, 6) is 0.536. The van der Waals surface area contributed by atoms with Gasteiger partial charge in [0.05, 0.1) is 12.5 Å². The quantitative estimate of drug-likeness (QED) is 0.758. The summed E-state index contributed by atoms with van der Waals surface area (Å²) >= 11 is 1.37. The third-order valence-corrected chi connectivity index (χ3v) is 3.67. The summed E-state index contributed by atoms with van der Waals surface area (Å²) in [7, 11) is 1.68. The Labute approximate surface area is 122 Å². The van der Waals surface area contributed by atoms with Gasteiger partial charge in [0.2, 0.25) is 5.91 Å². The van der Waals surface area contributed by atoms with Crippen molar-refractivity contribution < 1.29 is 4.79 Å². The zero-order valence-electron chi connectivity index (χ0n) is 11.9. The van der Waals surface area contributed by atoms with E-state index >= 15 is 0 Å². The van der Waals surface area contributed by atoms with Gasteiger partial charge in [-0.1, -0.05) is 11.8 Å². The maximum absolute atomic E-state index is 11.8. The van der Waals surface area contributed by atoms with Gasteiger partial charge in [0, 0.05) is 31.8 Å². The fourth-order valence-electron chi connectivity index (χ4n) is 1.61. The Morgan fingerprint density at radius 2 is 2.30 bits per heavy atom. The molecule has 1 heterocycles. The van der Waals surface area contributed by atoms with Crippen LogP contribution in [-0.2, 0) is 4.79 Å². The van der Waals surface area contributed by atoms with Gasteiger partial charge in [-0.3, -0.25) is 9.36 Å². The van der Waals surface area contributed by atoms with Crippen LogP contribution in [0.25, 0.3) is 0 Å². The van der Waals surface area contributed by atoms with Crippen LogP contribution in [0.15, 0.2) is 9.95 Å². The molecule has 8 heteroatoms. The topological polar surface area (TPSA) is 94.8 Å². The molecule has 110 valence electrons. The van der Waals surface area contributed by atoms with Crippen molar-refractivity contribution in [2.75, 3.05) is 19.3 Å². The molecular weight excluding hydrogens is 278 g/mol. The van der Waals surface area contributed by atoms with E-state index in [1.54, 1.807) is 16.5 Å². The highest BCUT2D eigenvalue weighted by atomic mass is 32.2. The summed E-state index contributed by atoms with van der Waals surface area (Å²) in [6, 6.07) is 2.03. The number of hydrogen-bond acceptors (Lipinski definition) is 5.